The maximum Gasteiger partial charge on any atom is 0.228 e. The summed E-state index contributed by atoms with van der Waals surface area (Å²) in [5, 5.41) is 11.6. The van der Waals surface area contributed by atoms with E-state index in [2.05, 4.69) is 21.2 Å². The van der Waals surface area contributed by atoms with Crippen molar-refractivity contribution in [1.29, 1.82) is 0 Å². The minimum atomic E-state index is -0.852. The first-order valence-electron chi connectivity index (χ1n) is 5.68. The highest BCUT2D eigenvalue weighted by Gasteiger charge is 2.11. The standard InChI is InChI=1S/C14H10BrF2NO2/c15-10-6-13(12(17)7-11(10)16)18-14(20)5-8-2-1-3-9(19)4-8/h1-4,6-7,19H,5H2,(H,18,20). The predicted octanol–water partition coefficient (Wildman–Crippen LogP) is 3.61. The molecule has 0 heterocycles. The number of amides is 1. The number of carbonyl (C=O) groups excluding carboxylic acids is 1. The quantitative estimate of drug-likeness (QED) is 0.838. The summed E-state index contributed by atoms with van der Waals surface area (Å²) in [5.74, 6) is -2.01. The van der Waals surface area contributed by atoms with Crippen LogP contribution in [0.25, 0.3) is 0 Å². The maximum absolute atomic E-state index is 13.5. The van der Waals surface area contributed by atoms with Crippen molar-refractivity contribution in [1.82, 2.24) is 0 Å². The number of rotatable bonds is 3. The van der Waals surface area contributed by atoms with Gasteiger partial charge in [0.25, 0.3) is 0 Å². The van der Waals surface area contributed by atoms with Crippen molar-refractivity contribution in [2.24, 2.45) is 0 Å². The van der Waals surface area contributed by atoms with Crippen LogP contribution in [0.4, 0.5) is 14.5 Å². The molecule has 0 spiro atoms. The SMILES string of the molecule is O=C(Cc1cccc(O)c1)Nc1cc(Br)c(F)cc1F. The van der Waals surface area contributed by atoms with Crippen molar-refractivity contribution in [3.63, 3.8) is 0 Å². The van der Waals surface area contributed by atoms with Gasteiger partial charge in [-0.05, 0) is 39.7 Å². The summed E-state index contributed by atoms with van der Waals surface area (Å²) in [6, 6.07) is 8.04. The summed E-state index contributed by atoms with van der Waals surface area (Å²) >= 11 is 2.92. The molecule has 1 amide bonds. The van der Waals surface area contributed by atoms with E-state index in [1.165, 1.54) is 12.1 Å². The molecule has 0 aliphatic rings. The molecule has 0 aliphatic heterocycles. The van der Waals surface area contributed by atoms with E-state index in [4.69, 9.17) is 0 Å². The lowest BCUT2D eigenvalue weighted by atomic mass is 10.1. The van der Waals surface area contributed by atoms with Crippen LogP contribution in [0, 0.1) is 11.6 Å². The van der Waals surface area contributed by atoms with Crippen LogP contribution in [0.5, 0.6) is 5.75 Å². The topological polar surface area (TPSA) is 49.3 Å². The monoisotopic (exact) mass is 341 g/mol. The second-order valence-electron chi connectivity index (χ2n) is 4.14. The first-order chi connectivity index (χ1) is 9.45. The molecule has 2 aromatic carbocycles. The molecular weight excluding hydrogens is 332 g/mol. The van der Waals surface area contributed by atoms with Gasteiger partial charge >= 0.3 is 0 Å². The largest absolute Gasteiger partial charge is 0.508 e. The molecule has 2 aromatic rings. The van der Waals surface area contributed by atoms with Crippen LogP contribution in [-0.2, 0) is 11.2 Å². The zero-order valence-electron chi connectivity index (χ0n) is 10.2. The van der Waals surface area contributed by atoms with E-state index < -0.39 is 17.5 Å². The first-order valence-corrected chi connectivity index (χ1v) is 6.47. The molecule has 2 rings (SSSR count). The highest BCUT2D eigenvalue weighted by Crippen LogP contribution is 2.24. The number of hydrogen-bond donors (Lipinski definition) is 2. The molecule has 3 nitrogen and oxygen atoms in total. The van der Waals surface area contributed by atoms with Gasteiger partial charge < -0.3 is 10.4 Å². The van der Waals surface area contributed by atoms with Crippen LogP contribution in [0.2, 0.25) is 0 Å². The lowest BCUT2D eigenvalue weighted by Gasteiger charge is -2.08. The average molecular weight is 342 g/mol. The normalized spacial score (nSPS) is 10.3. The Morgan fingerprint density at radius 1 is 1.20 bits per heavy atom. The molecule has 0 unspecified atom stereocenters. The number of nitrogens with one attached hydrogen (secondary N) is 1. The van der Waals surface area contributed by atoms with E-state index in [0.717, 1.165) is 6.07 Å². The van der Waals surface area contributed by atoms with Gasteiger partial charge in [0, 0.05) is 6.07 Å². The fourth-order valence-corrected chi connectivity index (χ4v) is 2.01. The summed E-state index contributed by atoms with van der Waals surface area (Å²) in [7, 11) is 0. The third-order valence-corrected chi connectivity index (χ3v) is 3.17. The number of benzene rings is 2. The molecule has 0 bridgehead atoms. The van der Waals surface area contributed by atoms with Gasteiger partial charge in [-0.2, -0.15) is 0 Å². The van der Waals surface area contributed by atoms with Crippen LogP contribution in [0.3, 0.4) is 0 Å². The number of halogens is 3. The molecular formula is C14H10BrF2NO2. The molecule has 0 atom stereocenters. The van der Waals surface area contributed by atoms with Gasteiger partial charge in [0.2, 0.25) is 5.91 Å². The van der Waals surface area contributed by atoms with E-state index in [9.17, 15) is 18.7 Å². The van der Waals surface area contributed by atoms with Crippen molar-refractivity contribution < 1.29 is 18.7 Å². The zero-order chi connectivity index (χ0) is 14.7. The van der Waals surface area contributed by atoms with Gasteiger partial charge in [0.15, 0.2) is 0 Å². The number of hydrogen-bond acceptors (Lipinski definition) is 2. The second kappa shape index (κ2) is 6.00. The lowest BCUT2D eigenvalue weighted by molar-refractivity contribution is -0.115. The van der Waals surface area contributed by atoms with Gasteiger partial charge in [-0.25, -0.2) is 8.78 Å². The molecule has 6 heteroatoms. The van der Waals surface area contributed by atoms with Crippen LogP contribution >= 0.6 is 15.9 Å². The smallest absolute Gasteiger partial charge is 0.228 e. The Hall–Kier alpha value is -1.95. The molecule has 0 saturated carbocycles. The Labute approximate surface area is 122 Å². The Morgan fingerprint density at radius 3 is 2.65 bits per heavy atom. The highest BCUT2D eigenvalue weighted by atomic mass is 79.9. The molecule has 2 N–H and O–H groups in total. The summed E-state index contributed by atoms with van der Waals surface area (Å²) in [6.07, 6.45) is -0.0250. The zero-order valence-corrected chi connectivity index (χ0v) is 11.7. The van der Waals surface area contributed by atoms with E-state index in [1.807, 2.05) is 0 Å². The predicted molar refractivity (Wildman–Crippen MR) is 74.5 cm³/mol. The van der Waals surface area contributed by atoms with Gasteiger partial charge in [0.05, 0.1) is 16.6 Å². The summed E-state index contributed by atoms with van der Waals surface area (Å²) in [4.78, 5) is 11.8. The van der Waals surface area contributed by atoms with Crippen molar-refractivity contribution in [2.75, 3.05) is 5.32 Å². The summed E-state index contributed by atoms with van der Waals surface area (Å²) < 4.78 is 26.6. The van der Waals surface area contributed by atoms with Crippen molar-refractivity contribution >= 4 is 27.5 Å². The number of phenols is 1. The fraction of sp³-hybridized carbons (Fsp3) is 0.0714. The van der Waals surface area contributed by atoms with Gasteiger partial charge in [-0.15, -0.1) is 0 Å². The maximum atomic E-state index is 13.5. The second-order valence-corrected chi connectivity index (χ2v) is 5.00. The highest BCUT2D eigenvalue weighted by molar-refractivity contribution is 9.10. The molecule has 0 aromatic heterocycles. The first kappa shape index (κ1) is 14.5. The third kappa shape index (κ3) is 3.54. The average Bonchev–Trinajstić information content (AvgIpc) is 2.36. The Kier molecular flexibility index (Phi) is 4.34. The lowest BCUT2D eigenvalue weighted by Crippen LogP contribution is -2.15. The summed E-state index contributed by atoms with van der Waals surface area (Å²) in [6.45, 7) is 0. The van der Waals surface area contributed by atoms with Gasteiger partial charge in [-0.3, -0.25) is 4.79 Å². The van der Waals surface area contributed by atoms with E-state index >= 15 is 0 Å². The van der Waals surface area contributed by atoms with Crippen LogP contribution in [0.15, 0.2) is 40.9 Å². The number of phenolic OH excluding ortho intramolecular Hbond substituents is 1. The molecule has 0 aliphatic carbocycles. The van der Waals surface area contributed by atoms with E-state index in [1.54, 1.807) is 12.1 Å². The number of carbonyl (C=O) groups is 1. The van der Waals surface area contributed by atoms with Crippen LogP contribution < -0.4 is 5.32 Å². The van der Waals surface area contributed by atoms with E-state index in [0.29, 0.717) is 11.6 Å². The Morgan fingerprint density at radius 2 is 1.95 bits per heavy atom. The fourth-order valence-electron chi connectivity index (χ4n) is 1.66. The van der Waals surface area contributed by atoms with Crippen molar-refractivity contribution in [3.8, 4) is 5.75 Å². The molecule has 20 heavy (non-hydrogen) atoms. The van der Waals surface area contributed by atoms with Crippen LogP contribution in [-0.4, -0.2) is 11.0 Å². The molecule has 0 radical (unpaired) electrons. The minimum absolute atomic E-state index is 0.0250. The third-order valence-electron chi connectivity index (χ3n) is 2.56. The van der Waals surface area contributed by atoms with Crippen molar-refractivity contribution in [2.45, 2.75) is 6.42 Å². The van der Waals surface area contributed by atoms with Gasteiger partial charge in [-0.1, -0.05) is 12.1 Å². The molecule has 104 valence electrons. The Bertz CT molecular complexity index is 662. The number of anilines is 1. The molecule has 0 saturated heterocycles. The number of aromatic hydroxyl groups is 1. The minimum Gasteiger partial charge on any atom is -0.508 e. The Balaban J connectivity index is 2.10. The van der Waals surface area contributed by atoms with Gasteiger partial charge in [0.1, 0.15) is 17.4 Å². The van der Waals surface area contributed by atoms with Crippen LogP contribution in [0.1, 0.15) is 5.56 Å². The molecule has 0 fully saturated rings. The van der Waals surface area contributed by atoms with E-state index in [-0.39, 0.29) is 22.3 Å². The summed E-state index contributed by atoms with van der Waals surface area (Å²) in [5.41, 5.74) is 0.479. The van der Waals surface area contributed by atoms with Crippen molar-refractivity contribution in [3.05, 3.63) is 58.1 Å².